The van der Waals surface area contributed by atoms with Crippen molar-refractivity contribution in [1.29, 1.82) is 0 Å². The Labute approximate surface area is 114 Å². The van der Waals surface area contributed by atoms with Gasteiger partial charge in [-0.2, -0.15) is 0 Å². The van der Waals surface area contributed by atoms with Crippen LogP contribution in [-0.4, -0.2) is 41.7 Å². The normalized spacial score (nSPS) is 9.65. The van der Waals surface area contributed by atoms with E-state index in [2.05, 4.69) is 16.0 Å². The van der Waals surface area contributed by atoms with Crippen LogP contribution in [-0.2, 0) is 4.79 Å². The van der Waals surface area contributed by atoms with Gasteiger partial charge in [0, 0.05) is 31.8 Å². The molecule has 0 aliphatic rings. The van der Waals surface area contributed by atoms with Gasteiger partial charge < -0.3 is 26.2 Å². The fraction of sp³-hybridized carbons (Fsp3) is 0.250. The summed E-state index contributed by atoms with van der Waals surface area (Å²) >= 11 is 0. The van der Waals surface area contributed by atoms with Gasteiger partial charge in [-0.1, -0.05) is 0 Å². The van der Waals surface area contributed by atoms with E-state index in [4.69, 9.17) is 5.11 Å². The van der Waals surface area contributed by atoms with Gasteiger partial charge >= 0.3 is 12.0 Å². The van der Waals surface area contributed by atoms with Gasteiger partial charge in [0.05, 0.1) is 0 Å². The van der Waals surface area contributed by atoms with E-state index in [0.717, 1.165) is 6.07 Å². The first-order valence-corrected chi connectivity index (χ1v) is 5.75. The third-order valence-corrected chi connectivity index (χ3v) is 2.40. The van der Waals surface area contributed by atoms with Gasteiger partial charge in [-0.15, -0.1) is 0 Å². The Morgan fingerprint density at radius 1 is 1.25 bits per heavy atom. The predicted molar refractivity (Wildman–Crippen MR) is 70.8 cm³/mol. The molecule has 8 nitrogen and oxygen atoms in total. The molecule has 0 aliphatic heterocycles. The molecular weight excluding hydrogens is 266 g/mol. The Balaban J connectivity index is 2.52. The van der Waals surface area contributed by atoms with Crippen LogP contribution in [0.25, 0.3) is 0 Å². The van der Waals surface area contributed by atoms with Crippen LogP contribution < -0.4 is 16.0 Å². The highest BCUT2D eigenvalue weighted by atomic mass is 16.4. The maximum absolute atomic E-state index is 11.5. The van der Waals surface area contributed by atoms with Gasteiger partial charge in [-0.25, -0.2) is 9.59 Å². The third-order valence-electron chi connectivity index (χ3n) is 2.40. The number of rotatable bonds is 5. The fourth-order valence-corrected chi connectivity index (χ4v) is 1.38. The number of phenols is 1. The molecule has 1 aromatic rings. The average molecular weight is 281 g/mol. The summed E-state index contributed by atoms with van der Waals surface area (Å²) in [4.78, 5) is 33.1. The quantitative estimate of drug-likeness (QED) is 0.532. The smallest absolute Gasteiger partial charge is 0.339 e. The van der Waals surface area contributed by atoms with E-state index in [0.29, 0.717) is 0 Å². The number of hydrogen-bond donors (Lipinski definition) is 5. The zero-order valence-corrected chi connectivity index (χ0v) is 10.8. The highest BCUT2D eigenvalue weighted by Gasteiger charge is 2.10. The lowest BCUT2D eigenvalue weighted by atomic mass is 10.2. The number of hydrogen-bond acceptors (Lipinski definition) is 4. The number of urea groups is 1. The molecule has 0 fully saturated rings. The van der Waals surface area contributed by atoms with E-state index >= 15 is 0 Å². The molecule has 20 heavy (non-hydrogen) atoms. The first-order valence-electron chi connectivity index (χ1n) is 5.75. The first-order chi connectivity index (χ1) is 9.43. The number of carboxylic acids is 1. The Kier molecular flexibility index (Phi) is 5.33. The van der Waals surface area contributed by atoms with E-state index in [9.17, 15) is 19.5 Å². The van der Waals surface area contributed by atoms with Crippen molar-refractivity contribution < 1.29 is 24.6 Å². The molecule has 0 aliphatic carbocycles. The molecule has 3 amide bonds. The summed E-state index contributed by atoms with van der Waals surface area (Å²) in [6, 6.07) is 3.09. The largest absolute Gasteiger partial charge is 0.507 e. The lowest BCUT2D eigenvalue weighted by Gasteiger charge is -2.08. The average Bonchev–Trinajstić information content (AvgIpc) is 2.38. The molecule has 0 unspecified atom stereocenters. The van der Waals surface area contributed by atoms with Crippen molar-refractivity contribution in [2.24, 2.45) is 0 Å². The number of benzene rings is 1. The van der Waals surface area contributed by atoms with Gasteiger partial charge in [0.25, 0.3) is 0 Å². The summed E-state index contributed by atoms with van der Waals surface area (Å²) in [5, 5.41) is 25.4. The van der Waals surface area contributed by atoms with E-state index in [1.807, 2.05) is 0 Å². The molecule has 108 valence electrons. The van der Waals surface area contributed by atoms with Gasteiger partial charge in [0.2, 0.25) is 5.91 Å². The number of nitrogens with one attached hydrogen (secondary N) is 3. The van der Waals surface area contributed by atoms with Crippen molar-refractivity contribution in [3.8, 4) is 5.75 Å². The molecule has 8 heteroatoms. The minimum atomic E-state index is -1.26. The van der Waals surface area contributed by atoms with Crippen molar-refractivity contribution >= 4 is 23.6 Å². The second kappa shape index (κ2) is 6.98. The van der Waals surface area contributed by atoms with Crippen LogP contribution in [0.5, 0.6) is 5.75 Å². The minimum absolute atomic E-state index is 0.146. The van der Waals surface area contributed by atoms with Crippen LogP contribution in [0.1, 0.15) is 16.8 Å². The van der Waals surface area contributed by atoms with Crippen molar-refractivity contribution in [3.63, 3.8) is 0 Å². The fourth-order valence-electron chi connectivity index (χ4n) is 1.38. The van der Waals surface area contributed by atoms with E-state index in [-0.39, 0.29) is 30.1 Å². The molecule has 0 atom stereocenters. The van der Waals surface area contributed by atoms with Gasteiger partial charge in [-0.05, 0) is 12.1 Å². The predicted octanol–water partition coefficient (Wildman–Crippen LogP) is 0.348. The second-order valence-corrected chi connectivity index (χ2v) is 3.84. The highest BCUT2D eigenvalue weighted by molar-refractivity contribution is 5.94. The second-order valence-electron chi connectivity index (χ2n) is 3.84. The molecule has 0 saturated heterocycles. The van der Waals surface area contributed by atoms with Crippen LogP contribution in [0.4, 0.5) is 10.5 Å². The number of carboxylic acid groups (broad SMARTS) is 1. The maximum Gasteiger partial charge on any atom is 0.339 e. The minimum Gasteiger partial charge on any atom is -0.507 e. The number of carbonyl (C=O) groups is 3. The molecule has 0 saturated carbocycles. The Morgan fingerprint density at radius 3 is 2.50 bits per heavy atom. The third kappa shape index (κ3) is 4.48. The summed E-state index contributed by atoms with van der Waals surface area (Å²) in [5.41, 5.74) is -0.0134. The number of aromatic carboxylic acids is 1. The van der Waals surface area contributed by atoms with E-state index < -0.39 is 17.7 Å². The van der Waals surface area contributed by atoms with Crippen molar-refractivity contribution in [3.05, 3.63) is 23.8 Å². The number of anilines is 1. The van der Waals surface area contributed by atoms with Gasteiger partial charge in [0.1, 0.15) is 11.3 Å². The Hall–Kier alpha value is -2.77. The number of carbonyl (C=O) groups excluding carboxylic acids is 2. The van der Waals surface area contributed by atoms with Crippen molar-refractivity contribution in [2.45, 2.75) is 6.42 Å². The van der Waals surface area contributed by atoms with Crippen LogP contribution in [0, 0.1) is 0 Å². The zero-order valence-electron chi connectivity index (χ0n) is 10.8. The molecule has 5 N–H and O–H groups in total. The molecule has 0 bridgehead atoms. The van der Waals surface area contributed by atoms with Crippen LogP contribution in [0.3, 0.4) is 0 Å². The maximum atomic E-state index is 11.5. The number of amides is 3. The summed E-state index contributed by atoms with van der Waals surface area (Å²) in [6.07, 6.45) is 0.146. The van der Waals surface area contributed by atoms with E-state index in [1.165, 1.54) is 19.2 Å². The summed E-state index contributed by atoms with van der Waals surface area (Å²) in [6.45, 7) is 0.157. The summed E-state index contributed by atoms with van der Waals surface area (Å²) in [5.74, 6) is -1.90. The van der Waals surface area contributed by atoms with Crippen molar-refractivity contribution in [1.82, 2.24) is 10.6 Å². The molecule has 0 radical (unpaired) electrons. The molecule has 0 spiro atoms. The van der Waals surface area contributed by atoms with Crippen molar-refractivity contribution in [2.75, 3.05) is 18.9 Å². The molecule has 1 aromatic carbocycles. The van der Waals surface area contributed by atoms with Crippen LogP contribution in [0.15, 0.2) is 18.2 Å². The zero-order chi connectivity index (χ0) is 15.1. The monoisotopic (exact) mass is 281 g/mol. The molecule has 0 aromatic heterocycles. The number of aromatic hydroxyl groups is 1. The summed E-state index contributed by atoms with van der Waals surface area (Å²) in [7, 11) is 1.50. The Morgan fingerprint density at radius 2 is 1.95 bits per heavy atom. The van der Waals surface area contributed by atoms with Crippen LogP contribution in [0.2, 0.25) is 0 Å². The molecular formula is C12H15N3O5. The lowest BCUT2D eigenvalue weighted by Crippen LogP contribution is -2.32. The summed E-state index contributed by atoms with van der Waals surface area (Å²) < 4.78 is 0. The standard InChI is InChI=1S/C12H15N3O5/c1-13-10(17)4-5-14-12(20)15-7-2-3-8(11(18)19)9(16)6-7/h2-3,6,16H,4-5H2,1H3,(H,13,17)(H,18,19)(H2,14,15,20). The first kappa shape index (κ1) is 15.3. The molecule has 1 rings (SSSR count). The molecule has 0 heterocycles. The lowest BCUT2D eigenvalue weighted by molar-refractivity contribution is -0.120. The topological polar surface area (TPSA) is 128 Å². The Bertz CT molecular complexity index is 530. The highest BCUT2D eigenvalue weighted by Crippen LogP contribution is 2.21. The SMILES string of the molecule is CNC(=O)CCNC(=O)Nc1ccc(C(=O)O)c(O)c1. The van der Waals surface area contributed by atoms with Crippen LogP contribution >= 0.6 is 0 Å². The van der Waals surface area contributed by atoms with E-state index in [1.54, 1.807) is 0 Å². The van der Waals surface area contributed by atoms with Gasteiger partial charge in [-0.3, -0.25) is 4.79 Å². The van der Waals surface area contributed by atoms with Gasteiger partial charge in [0.15, 0.2) is 0 Å².